The highest BCUT2D eigenvalue weighted by Gasteiger charge is 2.11. The van der Waals surface area contributed by atoms with E-state index in [1.807, 2.05) is 0 Å². The molecule has 0 saturated heterocycles. The number of ether oxygens (including phenoxy) is 1. The summed E-state index contributed by atoms with van der Waals surface area (Å²) in [4.78, 5) is 28.6. The second kappa shape index (κ2) is 6.80. The quantitative estimate of drug-likeness (QED) is 0.498. The van der Waals surface area contributed by atoms with E-state index in [2.05, 4.69) is 25.6 Å². The third kappa shape index (κ3) is 3.86. The molecule has 1 heterocycles. The van der Waals surface area contributed by atoms with E-state index in [-0.39, 0.29) is 11.6 Å². The Labute approximate surface area is 119 Å². The van der Waals surface area contributed by atoms with Crippen molar-refractivity contribution in [3.63, 3.8) is 0 Å². The summed E-state index contributed by atoms with van der Waals surface area (Å²) in [5.41, 5.74) is 0. The number of hydrogen-bond acceptors (Lipinski definition) is 6. The van der Waals surface area contributed by atoms with E-state index in [9.17, 15) is 9.59 Å². The van der Waals surface area contributed by atoms with E-state index in [0.29, 0.717) is 12.2 Å². The van der Waals surface area contributed by atoms with Gasteiger partial charge in [0.05, 0.1) is 6.33 Å². The summed E-state index contributed by atoms with van der Waals surface area (Å²) < 4.78 is 5.06. The number of amides is 2. The summed E-state index contributed by atoms with van der Waals surface area (Å²) >= 11 is 0. The smallest absolute Gasteiger partial charge is 0.409 e. The summed E-state index contributed by atoms with van der Waals surface area (Å²) in [5, 5.41) is 10.7. The van der Waals surface area contributed by atoms with Crippen LogP contribution in [-0.4, -0.2) is 34.5 Å². The van der Waals surface area contributed by atoms with Gasteiger partial charge in [-0.05, 0) is 12.1 Å². The first-order chi connectivity index (χ1) is 10.2. The van der Waals surface area contributed by atoms with Gasteiger partial charge in [-0.15, -0.1) is 5.11 Å². The minimum absolute atomic E-state index is 0.207. The van der Waals surface area contributed by atoms with Crippen molar-refractivity contribution in [3.8, 4) is 5.75 Å². The molecule has 2 N–H and O–H groups in total. The first-order valence-electron chi connectivity index (χ1n) is 5.86. The number of para-hydroxylation sites is 1. The van der Waals surface area contributed by atoms with Crippen LogP contribution in [0.25, 0.3) is 0 Å². The second-order valence-electron chi connectivity index (χ2n) is 3.76. The van der Waals surface area contributed by atoms with Gasteiger partial charge >= 0.3 is 6.09 Å². The number of imidazole rings is 1. The Balaban J connectivity index is 1.98. The molecule has 2 aromatic rings. The van der Waals surface area contributed by atoms with Gasteiger partial charge in [-0.2, -0.15) is 5.01 Å². The Morgan fingerprint density at radius 3 is 2.90 bits per heavy atom. The first-order valence-corrected chi connectivity index (χ1v) is 5.86. The van der Waals surface area contributed by atoms with Crippen LogP contribution >= 0.6 is 0 Å². The highest BCUT2D eigenvalue weighted by atomic mass is 16.6. The average molecular weight is 288 g/mol. The third-order valence-electron chi connectivity index (χ3n) is 2.31. The van der Waals surface area contributed by atoms with Gasteiger partial charge in [0, 0.05) is 7.05 Å². The van der Waals surface area contributed by atoms with Crippen molar-refractivity contribution >= 4 is 24.1 Å². The lowest BCUT2D eigenvalue weighted by atomic mass is 10.3. The molecule has 108 valence electrons. The molecule has 1 aromatic carbocycles. The zero-order chi connectivity index (χ0) is 15.1. The standard InChI is InChI=1S/C12H12N6O3/c1-18(12(20)21-9-5-3-2-4-6-9)17-16-11-10(15-8-19)13-7-14-11/h2-8H,1H3,(H,13,14)(H,15,19)/b17-16-. The lowest BCUT2D eigenvalue weighted by Crippen LogP contribution is -2.24. The summed E-state index contributed by atoms with van der Waals surface area (Å²) in [6.07, 6.45) is 1.10. The molecule has 0 spiro atoms. The van der Waals surface area contributed by atoms with E-state index in [1.54, 1.807) is 30.3 Å². The number of carbonyl (C=O) groups is 2. The van der Waals surface area contributed by atoms with Crippen molar-refractivity contribution in [3.05, 3.63) is 36.7 Å². The van der Waals surface area contributed by atoms with Crippen LogP contribution in [-0.2, 0) is 4.79 Å². The van der Waals surface area contributed by atoms with Crippen LogP contribution < -0.4 is 10.1 Å². The Hall–Kier alpha value is -3.23. The Kier molecular flexibility index (Phi) is 4.59. The number of rotatable bonds is 5. The van der Waals surface area contributed by atoms with Crippen LogP contribution in [0.1, 0.15) is 0 Å². The van der Waals surface area contributed by atoms with Gasteiger partial charge in [0.15, 0.2) is 11.6 Å². The molecule has 2 amide bonds. The monoisotopic (exact) mass is 288 g/mol. The maximum absolute atomic E-state index is 11.7. The summed E-state index contributed by atoms with van der Waals surface area (Å²) in [7, 11) is 1.39. The fourth-order valence-electron chi connectivity index (χ4n) is 1.33. The van der Waals surface area contributed by atoms with Crippen LogP contribution in [0.3, 0.4) is 0 Å². The van der Waals surface area contributed by atoms with Crippen molar-refractivity contribution in [2.45, 2.75) is 0 Å². The molecule has 0 unspecified atom stereocenters. The first kappa shape index (κ1) is 14.2. The number of nitrogens with zero attached hydrogens (tertiary/aromatic N) is 4. The lowest BCUT2D eigenvalue weighted by Gasteiger charge is -2.09. The molecule has 0 aliphatic heterocycles. The normalized spacial score (nSPS) is 10.3. The number of nitrogens with one attached hydrogen (secondary N) is 2. The van der Waals surface area contributed by atoms with Gasteiger partial charge < -0.3 is 15.0 Å². The van der Waals surface area contributed by atoms with Gasteiger partial charge in [0.2, 0.25) is 6.41 Å². The van der Waals surface area contributed by atoms with Gasteiger partial charge in [-0.25, -0.2) is 9.78 Å². The van der Waals surface area contributed by atoms with Crippen molar-refractivity contribution in [2.75, 3.05) is 12.4 Å². The minimum Gasteiger partial charge on any atom is -0.409 e. The molecule has 21 heavy (non-hydrogen) atoms. The SMILES string of the molecule is CN(/N=N\c1[nH]cnc1NC=O)C(=O)Oc1ccccc1. The highest BCUT2D eigenvalue weighted by molar-refractivity contribution is 5.74. The van der Waals surface area contributed by atoms with E-state index in [1.165, 1.54) is 13.4 Å². The zero-order valence-corrected chi connectivity index (χ0v) is 11.1. The topological polar surface area (TPSA) is 112 Å². The number of carbonyl (C=O) groups excluding carboxylic acids is 2. The van der Waals surface area contributed by atoms with Gasteiger partial charge in [0.25, 0.3) is 0 Å². The van der Waals surface area contributed by atoms with Crippen LogP contribution in [0, 0.1) is 0 Å². The maximum Gasteiger partial charge on any atom is 0.436 e. The molecular formula is C12H12N6O3. The number of benzene rings is 1. The van der Waals surface area contributed by atoms with Crippen molar-refractivity contribution in [2.24, 2.45) is 10.3 Å². The molecule has 0 aliphatic rings. The Morgan fingerprint density at radius 1 is 1.43 bits per heavy atom. The molecule has 0 fully saturated rings. The predicted molar refractivity (Wildman–Crippen MR) is 73.0 cm³/mol. The van der Waals surface area contributed by atoms with Crippen molar-refractivity contribution in [1.82, 2.24) is 15.0 Å². The summed E-state index contributed by atoms with van der Waals surface area (Å²) in [5.74, 6) is 0.814. The zero-order valence-electron chi connectivity index (χ0n) is 11.1. The Morgan fingerprint density at radius 2 is 2.19 bits per heavy atom. The van der Waals surface area contributed by atoms with Crippen LogP contribution in [0.2, 0.25) is 0 Å². The van der Waals surface area contributed by atoms with E-state index < -0.39 is 6.09 Å². The molecule has 1 aromatic heterocycles. The predicted octanol–water partition coefficient (Wildman–Crippen LogP) is 2.11. The van der Waals surface area contributed by atoms with E-state index in [0.717, 1.165) is 5.01 Å². The van der Waals surface area contributed by atoms with E-state index in [4.69, 9.17) is 4.74 Å². The molecule has 0 aliphatic carbocycles. The van der Waals surface area contributed by atoms with E-state index >= 15 is 0 Å². The molecule has 0 bridgehead atoms. The van der Waals surface area contributed by atoms with Gasteiger partial charge in [0.1, 0.15) is 5.75 Å². The fraction of sp³-hybridized carbons (Fsp3) is 0.0833. The lowest BCUT2D eigenvalue weighted by molar-refractivity contribution is -0.105. The fourth-order valence-corrected chi connectivity index (χ4v) is 1.33. The molecular weight excluding hydrogens is 276 g/mol. The van der Waals surface area contributed by atoms with Crippen LogP contribution in [0.15, 0.2) is 47.0 Å². The second-order valence-corrected chi connectivity index (χ2v) is 3.76. The summed E-state index contributed by atoms with van der Waals surface area (Å²) in [6, 6.07) is 8.58. The third-order valence-corrected chi connectivity index (χ3v) is 2.31. The molecule has 0 radical (unpaired) electrons. The largest absolute Gasteiger partial charge is 0.436 e. The molecule has 2 rings (SSSR count). The molecule has 9 nitrogen and oxygen atoms in total. The number of aromatic amines is 1. The number of H-pyrrole nitrogens is 1. The number of hydrogen-bond donors (Lipinski definition) is 2. The van der Waals surface area contributed by atoms with Gasteiger partial charge in [-0.1, -0.05) is 23.4 Å². The molecule has 0 saturated carbocycles. The Bertz CT molecular complexity index is 639. The number of anilines is 1. The number of aromatic nitrogens is 2. The maximum atomic E-state index is 11.7. The van der Waals surface area contributed by atoms with Crippen molar-refractivity contribution in [1.29, 1.82) is 0 Å². The van der Waals surface area contributed by atoms with Gasteiger partial charge in [-0.3, -0.25) is 4.79 Å². The minimum atomic E-state index is -0.700. The molecule has 0 atom stereocenters. The molecule has 9 heteroatoms. The summed E-state index contributed by atoms with van der Waals surface area (Å²) in [6.45, 7) is 0. The van der Waals surface area contributed by atoms with Crippen LogP contribution in [0.5, 0.6) is 5.75 Å². The van der Waals surface area contributed by atoms with Crippen molar-refractivity contribution < 1.29 is 14.3 Å². The highest BCUT2D eigenvalue weighted by Crippen LogP contribution is 2.19. The van der Waals surface area contributed by atoms with Crippen LogP contribution in [0.4, 0.5) is 16.4 Å². The average Bonchev–Trinajstić information content (AvgIpc) is 2.93.